The van der Waals surface area contributed by atoms with Crippen LogP contribution >= 0.6 is 0 Å². The Hall–Kier alpha value is -3.54. The van der Waals surface area contributed by atoms with Gasteiger partial charge in [0, 0.05) is 17.3 Å². The number of carbonyl (C=O) groups excluding carboxylic acids is 1. The van der Waals surface area contributed by atoms with Crippen molar-refractivity contribution in [2.75, 3.05) is 14.2 Å². The molecule has 1 N–H and O–H groups in total. The summed E-state index contributed by atoms with van der Waals surface area (Å²) in [4.78, 5) is 16.9. The van der Waals surface area contributed by atoms with E-state index in [0.29, 0.717) is 12.3 Å². The SMILES string of the molecule is COc1cccc(CNC(=O)c2cc3cc4cc(OC)ccc4nc3o2)c1. The number of hydrogen-bond donors (Lipinski definition) is 1. The molecular weight excluding hydrogens is 344 g/mol. The summed E-state index contributed by atoms with van der Waals surface area (Å²) < 4.78 is 16.1. The van der Waals surface area contributed by atoms with Crippen molar-refractivity contribution in [2.45, 2.75) is 6.54 Å². The van der Waals surface area contributed by atoms with Gasteiger partial charge in [-0.2, -0.15) is 0 Å². The number of ether oxygens (including phenoxy) is 2. The van der Waals surface area contributed by atoms with E-state index < -0.39 is 0 Å². The van der Waals surface area contributed by atoms with Crippen molar-refractivity contribution in [3.8, 4) is 11.5 Å². The number of aromatic nitrogens is 1. The molecule has 0 spiro atoms. The zero-order valence-electron chi connectivity index (χ0n) is 15.0. The van der Waals surface area contributed by atoms with Crippen LogP contribution in [0, 0.1) is 0 Å². The maximum absolute atomic E-state index is 12.5. The van der Waals surface area contributed by atoms with E-state index in [2.05, 4.69) is 10.3 Å². The second kappa shape index (κ2) is 6.99. The second-order valence-corrected chi connectivity index (χ2v) is 6.09. The zero-order valence-corrected chi connectivity index (χ0v) is 15.0. The van der Waals surface area contributed by atoms with Crippen LogP contribution in [0.25, 0.3) is 22.0 Å². The molecule has 0 aliphatic rings. The summed E-state index contributed by atoms with van der Waals surface area (Å²) in [6, 6.07) is 16.8. The van der Waals surface area contributed by atoms with Crippen LogP contribution < -0.4 is 14.8 Å². The lowest BCUT2D eigenvalue weighted by Crippen LogP contribution is -2.22. The molecule has 0 radical (unpaired) electrons. The highest BCUT2D eigenvalue weighted by Crippen LogP contribution is 2.25. The fraction of sp³-hybridized carbons (Fsp3) is 0.143. The number of fused-ring (bicyclic) bond motifs is 2. The minimum absolute atomic E-state index is 0.225. The number of carbonyl (C=O) groups is 1. The molecule has 2 aromatic heterocycles. The molecule has 6 nitrogen and oxygen atoms in total. The van der Waals surface area contributed by atoms with Crippen LogP contribution in [-0.4, -0.2) is 25.1 Å². The van der Waals surface area contributed by atoms with Crippen LogP contribution in [-0.2, 0) is 6.54 Å². The number of nitrogens with zero attached hydrogens (tertiary/aromatic N) is 1. The number of amides is 1. The molecule has 0 aliphatic heterocycles. The highest BCUT2D eigenvalue weighted by molar-refractivity contribution is 5.98. The van der Waals surface area contributed by atoms with Crippen molar-refractivity contribution in [1.29, 1.82) is 0 Å². The van der Waals surface area contributed by atoms with Gasteiger partial charge in [0.05, 0.1) is 19.7 Å². The molecule has 0 fully saturated rings. The molecule has 0 unspecified atom stereocenters. The summed E-state index contributed by atoms with van der Waals surface area (Å²) in [7, 11) is 3.23. The molecular formula is C21H18N2O4. The monoisotopic (exact) mass is 362 g/mol. The molecule has 2 aromatic carbocycles. The Morgan fingerprint density at radius 2 is 1.81 bits per heavy atom. The third kappa shape index (κ3) is 3.42. The molecule has 4 rings (SSSR count). The molecule has 27 heavy (non-hydrogen) atoms. The molecule has 1 amide bonds. The first kappa shape index (κ1) is 16.9. The first-order valence-electron chi connectivity index (χ1n) is 8.46. The van der Waals surface area contributed by atoms with E-state index in [0.717, 1.165) is 33.4 Å². The Balaban J connectivity index is 1.57. The van der Waals surface area contributed by atoms with E-state index in [9.17, 15) is 4.79 Å². The molecule has 0 aliphatic carbocycles. The van der Waals surface area contributed by atoms with Gasteiger partial charge in [-0.3, -0.25) is 4.79 Å². The van der Waals surface area contributed by atoms with Gasteiger partial charge < -0.3 is 19.2 Å². The van der Waals surface area contributed by atoms with Gasteiger partial charge in [-0.25, -0.2) is 4.98 Å². The number of benzene rings is 2. The van der Waals surface area contributed by atoms with Crippen molar-refractivity contribution < 1.29 is 18.7 Å². The quantitative estimate of drug-likeness (QED) is 0.582. The Kier molecular flexibility index (Phi) is 4.38. The summed E-state index contributed by atoms with van der Waals surface area (Å²) in [5.74, 6) is 1.43. The number of pyridine rings is 1. The zero-order chi connectivity index (χ0) is 18.8. The molecule has 136 valence electrons. The van der Waals surface area contributed by atoms with Crippen LogP contribution in [0.15, 0.2) is 59.0 Å². The Morgan fingerprint density at radius 1 is 1.00 bits per heavy atom. The third-order valence-corrected chi connectivity index (χ3v) is 4.32. The van der Waals surface area contributed by atoms with Gasteiger partial charge in [-0.05, 0) is 48.0 Å². The number of furan rings is 1. The molecule has 0 saturated carbocycles. The lowest BCUT2D eigenvalue weighted by atomic mass is 10.2. The first-order valence-corrected chi connectivity index (χ1v) is 8.46. The third-order valence-electron chi connectivity index (χ3n) is 4.32. The maximum Gasteiger partial charge on any atom is 0.287 e. The second-order valence-electron chi connectivity index (χ2n) is 6.09. The van der Waals surface area contributed by atoms with Crippen molar-refractivity contribution >= 4 is 27.9 Å². The Morgan fingerprint density at radius 3 is 2.63 bits per heavy atom. The summed E-state index contributed by atoms with van der Waals surface area (Å²) in [5.41, 5.74) is 2.15. The van der Waals surface area contributed by atoms with E-state index in [1.165, 1.54) is 0 Å². The Bertz CT molecular complexity index is 1130. The lowest BCUT2D eigenvalue weighted by Gasteiger charge is -2.05. The number of hydrogen-bond acceptors (Lipinski definition) is 5. The average Bonchev–Trinajstić information content (AvgIpc) is 3.12. The van der Waals surface area contributed by atoms with E-state index in [1.807, 2.05) is 48.5 Å². The normalized spacial score (nSPS) is 10.9. The van der Waals surface area contributed by atoms with Crippen LogP contribution in [0.1, 0.15) is 16.1 Å². The molecule has 0 bridgehead atoms. The van der Waals surface area contributed by atoms with E-state index in [-0.39, 0.29) is 11.7 Å². The van der Waals surface area contributed by atoms with Gasteiger partial charge in [0.25, 0.3) is 5.91 Å². The van der Waals surface area contributed by atoms with Gasteiger partial charge >= 0.3 is 0 Å². The van der Waals surface area contributed by atoms with Crippen molar-refractivity contribution in [3.63, 3.8) is 0 Å². The van der Waals surface area contributed by atoms with Gasteiger partial charge in [0.15, 0.2) is 5.76 Å². The minimum Gasteiger partial charge on any atom is -0.497 e. The van der Waals surface area contributed by atoms with Crippen LogP contribution in [0.4, 0.5) is 0 Å². The molecule has 2 heterocycles. The predicted molar refractivity (Wildman–Crippen MR) is 102 cm³/mol. The fourth-order valence-corrected chi connectivity index (χ4v) is 2.90. The van der Waals surface area contributed by atoms with Gasteiger partial charge in [-0.1, -0.05) is 12.1 Å². The van der Waals surface area contributed by atoms with Crippen molar-refractivity contribution in [3.05, 3.63) is 65.9 Å². The summed E-state index contributed by atoms with van der Waals surface area (Å²) in [6.45, 7) is 0.375. The van der Waals surface area contributed by atoms with Crippen molar-refractivity contribution in [1.82, 2.24) is 10.3 Å². The molecule has 4 aromatic rings. The highest BCUT2D eigenvalue weighted by atomic mass is 16.5. The highest BCUT2D eigenvalue weighted by Gasteiger charge is 2.14. The van der Waals surface area contributed by atoms with Gasteiger partial charge in [0.2, 0.25) is 5.71 Å². The predicted octanol–water partition coefficient (Wildman–Crippen LogP) is 3.93. The summed E-state index contributed by atoms with van der Waals surface area (Å²) in [5, 5.41) is 4.54. The standard InChI is InChI=1S/C21H18N2O4/c1-25-16-5-3-4-13(8-16)12-22-20(24)19-11-15-9-14-10-17(26-2)6-7-18(14)23-21(15)27-19/h3-11H,12H2,1-2H3,(H,22,24). The van der Waals surface area contributed by atoms with Crippen LogP contribution in [0.3, 0.4) is 0 Å². The number of nitrogens with one attached hydrogen (secondary N) is 1. The van der Waals surface area contributed by atoms with Crippen LogP contribution in [0.5, 0.6) is 11.5 Å². The fourth-order valence-electron chi connectivity index (χ4n) is 2.90. The number of rotatable bonds is 5. The number of methoxy groups -OCH3 is 2. The summed E-state index contributed by atoms with van der Waals surface area (Å²) in [6.07, 6.45) is 0. The maximum atomic E-state index is 12.5. The van der Waals surface area contributed by atoms with E-state index in [4.69, 9.17) is 13.9 Å². The minimum atomic E-state index is -0.294. The van der Waals surface area contributed by atoms with Gasteiger partial charge in [0.1, 0.15) is 11.5 Å². The smallest absolute Gasteiger partial charge is 0.287 e. The lowest BCUT2D eigenvalue weighted by molar-refractivity contribution is 0.0925. The largest absolute Gasteiger partial charge is 0.497 e. The first-order chi connectivity index (χ1) is 13.2. The van der Waals surface area contributed by atoms with Gasteiger partial charge in [-0.15, -0.1) is 0 Å². The topological polar surface area (TPSA) is 73.6 Å². The molecule has 0 saturated heterocycles. The molecule has 0 atom stereocenters. The van der Waals surface area contributed by atoms with E-state index >= 15 is 0 Å². The molecule has 6 heteroatoms. The van der Waals surface area contributed by atoms with Crippen molar-refractivity contribution in [2.24, 2.45) is 0 Å². The Labute approximate surface area is 155 Å². The average molecular weight is 362 g/mol. The summed E-state index contributed by atoms with van der Waals surface area (Å²) >= 11 is 0. The van der Waals surface area contributed by atoms with E-state index in [1.54, 1.807) is 20.3 Å². The van der Waals surface area contributed by atoms with Crippen LogP contribution in [0.2, 0.25) is 0 Å².